The first-order chi connectivity index (χ1) is 8.75. The van der Waals surface area contributed by atoms with Crippen molar-refractivity contribution in [1.82, 2.24) is 0 Å². The lowest BCUT2D eigenvalue weighted by Crippen LogP contribution is -2.18. The van der Waals surface area contributed by atoms with Crippen LogP contribution >= 0.6 is 11.8 Å². The van der Waals surface area contributed by atoms with Gasteiger partial charge in [-0.1, -0.05) is 42.5 Å². The number of fused-ring (bicyclic) bond motifs is 1. The van der Waals surface area contributed by atoms with Crippen molar-refractivity contribution in [3.63, 3.8) is 0 Å². The van der Waals surface area contributed by atoms with Crippen LogP contribution < -0.4 is 5.73 Å². The lowest BCUT2D eigenvalue weighted by Gasteiger charge is -2.16. The van der Waals surface area contributed by atoms with Crippen LogP contribution in [-0.2, 0) is 6.42 Å². The Bertz CT molecular complexity index is 565. The summed E-state index contributed by atoms with van der Waals surface area (Å²) in [5, 5.41) is 0.462. The number of hydrogen-bond donors (Lipinski definition) is 1. The number of benzene rings is 2. The van der Waals surface area contributed by atoms with Gasteiger partial charge in [0.05, 0.1) is 0 Å². The standard InChI is InChI=1S/C16H17NS/c1-11-6-2-5-9-14(11)18-15-10-12-7-3-4-8-13(12)16(15)17/h2-9,15-16H,10,17H2,1H3. The van der Waals surface area contributed by atoms with Gasteiger partial charge in [0.15, 0.2) is 0 Å². The highest BCUT2D eigenvalue weighted by atomic mass is 32.2. The Morgan fingerprint density at radius 1 is 1.06 bits per heavy atom. The van der Waals surface area contributed by atoms with E-state index in [2.05, 4.69) is 55.5 Å². The van der Waals surface area contributed by atoms with E-state index in [-0.39, 0.29) is 6.04 Å². The van der Waals surface area contributed by atoms with Crippen LogP contribution in [0.15, 0.2) is 53.4 Å². The van der Waals surface area contributed by atoms with Crippen molar-refractivity contribution in [1.29, 1.82) is 0 Å². The Morgan fingerprint density at radius 2 is 1.78 bits per heavy atom. The molecule has 0 heterocycles. The number of hydrogen-bond acceptors (Lipinski definition) is 2. The molecule has 1 aliphatic carbocycles. The van der Waals surface area contributed by atoms with Crippen LogP contribution in [0.1, 0.15) is 22.7 Å². The minimum Gasteiger partial charge on any atom is -0.323 e. The first-order valence-electron chi connectivity index (χ1n) is 6.31. The van der Waals surface area contributed by atoms with Gasteiger partial charge in [0.25, 0.3) is 0 Å². The molecule has 0 aromatic heterocycles. The monoisotopic (exact) mass is 255 g/mol. The molecule has 2 atom stereocenters. The van der Waals surface area contributed by atoms with Gasteiger partial charge in [0, 0.05) is 16.2 Å². The van der Waals surface area contributed by atoms with Crippen molar-refractivity contribution in [2.24, 2.45) is 5.73 Å². The molecule has 0 bridgehead atoms. The molecule has 2 aromatic rings. The zero-order valence-electron chi connectivity index (χ0n) is 10.5. The molecule has 2 unspecified atom stereocenters. The highest BCUT2D eigenvalue weighted by molar-refractivity contribution is 8.00. The largest absolute Gasteiger partial charge is 0.323 e. The van der Waals surface area contributed by atoms with Crippen LogP contribution in [0.5, 0.6) is 0 Å². The summed E-state index contributed by atoms with van der Waals surface area (Å²) >= 11 is 1.92. The summed E-state index contributed by atoms with van der Waals surface area (Å²) in [6, 6.07) is 17.3. The highest BCUT2D eigenvalue weighted by Crippen LogP contribution is 2.40. The second kappa shape index (κ2) is 4.79. The first kappa shape index (κ1) is 11.8. The topological polar surface area (TPSA) is 26.0 Å². The van der Waals surface area contributed by atoms with Gasteiger partial charge in [0.2, 0.25) is 0 Å². The third kappa shape index (κ3) is 2.06. The summed E-state index contributed by atoms with van der Waals surface area (Å²) in [6.45, 7) is 2.16. The number of rotatable bonds is 2. The summed E-state index contributed by atoms with van der Waals surface area (Å²) in [6.07, 6.45) is 1.08. The second-order valence-electron chi connectivity index (χ2n) is 4.85. The van der Waals surface area contributed by atoms with Crippen molar-refractivity contribution in [2.75, 3.05) is 0 Å². The Hall–Kier alpha value is -1.25. The van der Waals surface area contributed by atoms with Crippen LogP contribution in [0.2, 0.25) is 0 Å². The lowest BCUT2D eigenvalue weighted by atomic mass is 10.1. The Morgan fingerprint density at radius 3 is 2.56 bits per heavy atom. The maximum absolute atomic E-state index is 6.37. The fourth-order valence-electron chi connectivity index (χ4n) is 2.56. The molecule has 0 fully saturated rings. The van der Waals surface area contributed by atoms with Gasteiger partial charge in [-0.3, -0.25) is 0 Å². The van der Waals surface area contributed by atoms with Crippen LogP contribution in [0.25, 0.3) is 0 Å². The zero-order chi connectivity index (χ0) is 12.5. The molecular weight excluding hydrogens is 238 g/mol. The molecule has 18 heavy (non-hydrogen) atoms. The smallest absolute Gasteiger partial charge is 0.0425 e. The summed E-state index contributed by atoms with van der Waals surface area (Å²) in [7, 11) is 0. The number of aryl methyl sites for hydroxylation is 1. The fraction of sp³-hybridized carbons (Fsp3) is 0.250. The van der Waals surface area contributed by atoms with E-state index >= 15 is 0 Å². The van der Waals surface area contributed by atoms with E-state index in [1.165, 1.54) is 21.6 Å². The maximum Gasteiger partial charge on any atom is 0.0425 e. The van der Waals surface area contributed by atoms with Crippen LogP contribution in [-0.4, -0.2) is 5.25 Å². The van der Waals surface area contributed by atoms with Crippen LogP contribution in [0, 0.1) is 6.92 Å². The van der Waals surface area contributed by atoms with E-state index in [0.717, 1.165) is 6.42 Å². The van der Waals surface area contributed by atoms with E-state index in [0.29, 0.717) is 5.25 Å². The van der Waals surface area contributed by atoms with Crippen LogP contribution in [0.3, 0.4) is 0 Å². The van der Waals surface area contributed by atoms with E-state index in [9.17, 15) is 0 Å². The molecule has 0 amide bonds. The highest BCUT2D eigenvalue weighted by Gasteiger charge is 2.30. The van der Waals surface area contributed by atoms with Crippen molar-refractivity contribution >= 4 is 11.8 Å². The summed E-state index contributed by atoms with van der Waals surface area (Å²) in [5.41, 5.74) is 10.4. The predicted octanol–water partition coefficient (Wildman–Crippen LogP) is 3.71. The fourth-order valence-corrected chi connectivity index (χ4v) is 3.85. The SMILES string of the molecule is Cc1ccccc1SC1Cc2ccccc2C1N. The van der Waals surface area contributed by atoms with Gasteiger partial charge in [-0.2, -0.15) is 0 Å². The van der Waals surface area contributed by atoms with E-state index in [1.54, 1.807) is 0 Å². The molecule has 0 saturated carbocycles. The maximum atomic E-state index is 6.37. The van der Waals surface area contributed by atoms with Crippen LogP contribution in [0.4, 0.5) is 0 Å². The molecule has 1 aliphatic rings. The Labute approximate surface area is 112 Å². The first-order valence-corrected chi connectivity index (χ1v) is 7.19. The number of nitrogens with two attached hydrogens (primary N) is 1. The third-order valence-corrected chi connectivity index (χ3v) is 5.08. The van der Waals surface area contributed by atoms with Crippen molar-refractivity contribution in [2.45, 2.75) is 29.5 Å². The van der Waals surface area contributed by atoms with Gasteiger partial charge in [-0.25, -0.2) is 0 Å². The van der Waals surface area contributed by atoms with Gasteiger partial charge in [-0.15, -0.1) is 11.8 Å². The van der Waals surface area contributed by atoms with E-state index in [4.69, 9.17) is 5.73 Å². The van der Waals surface area contributed by atoms with E-state index in [1.807, 2.05) is 11.8 Å². The molecule has 0 spiro atoms. The Balaban J connectivity index is 1.83. The van der Waals surface area contributed by atoms with E-state index < -0.39 is 0 Å². The van der Waals surface area contributed by atoms with Crippen molar-refractivity contribution < 1.29 is 0 Å². The lowest BCUT2D eigenvalue weighted by molar-refractivity contribution is 0.731. The molecule has 2 N–H and O–H groups in total. The average Bonchev–Trinajstić information content (AvgIpc) is 2.70. The minimum absolute atomic E-state index is 0.158. The molecule has 0 aliphatic heterocycles. The average molecular weight is 255 g/mol. The van der Waals surface area contributed by atoms with Gasteiger partial charge in [-0.05, 0) is 36.1 Å². The number of thioether (sulfide) groups is 1. The molecule has 0 radical (unpaired) electrons. The van der Waals surface area contributed by atoms with Crippen molar-refractivity contribution in [3.8, 4) is 0 Å². The van der Waals surface area contributed by atoms with Gasteiger partial charge >= 0.3 is 0 Å². The summed E-state index contributed by atoms with van der Waals surface area (Å²) in [5.74, 6) is 0. The van der Waals surface area contributed by atoms with Gasteiger partial charge in [0.1, 0.15) is 0 Å². The molecule has 3 rings (SSSR count). The summed E-state index contributed by atoms with van der Waals surface area (Å²) in [4.78, 5) is 1.35. The minimum atomic E-state index is 0.158. The second-order valence-corrected chi connectivity index (χ2v) is 6.13. The molecular formula is C16H17NS. The quantitative estimate of drug-likeness (QED) is 0.885. The normalized spacial score (nSPS) is 21.9. The Kier molecular flexibility index (Phi) is 3.14. The summed E-state index contributed by atoms with van der Waals surface area (Å²) < 4.78 is 0. The molecule has 1 nitrogen and oxygen atoms in total. The molecule has 2 aromatic carbocycles. The molecule has 2 heteroatoms. The van der Waals surface area contributed by atoms with Crippen molar-refractivity contribution in [3.05, 3.63) is 65.2 Å². The molecule has 0 saturated heterocycles. The molecule has 92 valence electrons. The van der Waals surface area contributed by atoms with Gasteiger partial charge < -0.3 is 5.73 Å². The third-order valence-electron chi connectivity index (χ3n) is 3.61. The zero-order valence-corrected chi connectivity index (χ0v) is 11.3. The predicted molar refractivity (Wildman–Crippen MR) is 77.9 cm³/mol.